The molecule has 0 amide bonds. The van der Waals surface area contributed by atoms with E-state index in [0.29, 0.717) is 12.5 Å². The molecule has 0 aliphatic heterocycles. The smallest absolute Gasteiger partial charge is 0.273 e. The van der Waals surface area contributed by atoms with E-state index in [1.807, 2.05) is 13.8 Å². The average Bonchev–Trinajstić information content (AvgIpc) is 1.77. The van der Waals surface area contributed by atoms with Crippen molar-refractivity contribution in [1.29, 1.82) is 0 Å². The predicted molar refractivity (Wildman–Crippen MR) is 68.2 cm³/mol. The summed E-state index contributed by atoms with van der Waals surface area (Å²) in [5.41, 5.74) is 0. The van der Waals surface area contributed by atoms with Crippen LogP contribution in [0.25, 0.3) is 0 Å². The highest BCUT2D eigenvalue weighted by Gasteiger charge is 2.48. The minimum absolute atomic E-state index is 0.297. The molecule has 0 atom stereocenters. The van der Waals surface area contributed by atoms with Crippen LogP contribution in [0.4, 0.5) is 0 Å². The second-order valence-electron chi connectivity index (χ2n) is 2.94. The molecule has 0 aliphatic rings. The van der Waals surface area contributed by atoms with Crippen LogP contribution in [-0.4, -0.2) is 23.1 Å². The number of hydrogen-bond acceptors (Lipinski definition) is 1. The molecule has 0 aliphatic carbocycles. The van der Waals surface area contributed by atoms with Gasteiger partial charge < -0.3 is 0 Å². The van der Waals surface area contributed by atoms with Crippen molar-refractivity contribution in [2.45, 2.75) is 13.8 Å². The van der Waals surface area contributed by atoms with Crippen LogP contribution in [0.1, 0.15) is 13.8 Å². The predicted octanol–water partition coefficient (Wildman–Crippen LogP) is 4.25. The van der Waals surface area contributed by atoms with Crippen molar-refractivity contribution >= 4 is 78.8 Å². The van der Waals surface area contributed by atoms with Crippen LogP contribution in [0.15, 0.2) is 0 Å². The Labute approximate surface area is 109 Å². The molecular weight excluding hydrogens is 331 g/mol. The number of halogens is 6. The largest absolute Gasteiger partial charge is 0.420 e. The van der Waals surface area contributed by atoms with Gasteiger partial charge in [-0.2, -0.15) is 0 Å². The molecule has 0 saturated carbocycles. The lowest BCUT2D eigenvalue weighted by molar-refractivity contribution is 0.522. The maximum atomic E-state index is 5.80. The monoisotopic (exact) mass is 337 g/mol. The van der Waals surface area contributed by atoms with Crippen molar-refractivity contribution in [1.82, 2.24) is 4.23 Å². The topological polar surface area (TPSA) is 3.24 Å². The Balaban J connectivity index is 4.58. The first-order valence-corrected chi connectivity index (χ1v) is 13.4. The van der Waals surface area contributed by atoms with Crippen molar-refractivity contribution in [2.75, 3.05) is 6.54 Å². The van der Waals surface area contributed by atoms with Crippen LogP contribution >= 0.6 is 66.5 Å². The van der Waals surface area contributed by atoms with Gasteiger partial charge in [0.05, 0.1) is 0 Å². The van der Waals surface area contributed by atoms with Crippen LogP contribution in [-0.2, 0) is 0 Å². The summed E-state index contributed by atoms with van der Waals surface area (Å²) >= 11 is 34.8. The fraction of sp³-hybridized carbons (Fsp3) is 1.00. The van der Waals surface area contributed by atoms with Crippen molar-refractivity contribution in [3.05, 3.63) is 0 Å². The van der Waals surface area contributed by atoms with E-state index in [1.165, 1.54) is 4.23 Å². The summed E-state index contributed by atoms with van der Waals surface area (Å²) in [6.07, 6.45) is -6.14. The highest BCUT2D eigenvalue weighted by atomic mass is 35.8. The summed E-state index contributed by atoms with van der Waals surface area (Å²) in [5, 5.41) is 0. The summed E-state index contributed by atoms with van der Waals surface area (Å²) in [6.45, 7) is 4.46. The Kier molecular flexibility index (Phi) is 6.35. The lowest BCUT2D eigenvalue weighted by Crippen LogP contribution is -2.53. The molecule has 0 unspecified atom stereocenters. The van der Waals surface area contributed by atoms with Gasteiger partial charge in [0.1, 0.15) is 0 Å². The summed E-state index contributed by atoms with van der Waals surface area (Å²) in [5.74, 6) is 0.297. The van der Waals surface area contributed by atoms with Crippen LogP contribution in [0.2, 0.25) is 0 Å². The van der Waals surface area contributed by atoms with Crippen LogP contribution in [0, 0.1) is 5.92 Å². The minimum Gasteiger partial charge on any atom is -0.273 e. The maximum Gasteiger partial charge on any atom is 0.420 e. The van der Waals surface area contributed by atoms with Gasteiger partial charge in [-0.3, -0.25) is 4.23 Å². The Morgan fingerprint density at radius 1 is 0.923 bits per heavy atom. The van der Waals surface area contributed by atoms with E-state index in [4.69, 9.17) is 66.5 Å². The maximum absolute atomic E-state index is 5.80. The molecule has 13 heavy (non-hydrogen) atoms. The van der Waals surface area contributed by atoms with Gasteiger partial charge in [0, 0.05) is 0 Å². The van der Waals surface area contributed by atoms with Crippen molar-refractivity contribution in [2.24, 2.45) is 5.92 Å². The van der Waals surface area contributed by atoms with E-state index < -0.39 is 12.3 Å². The second-order valence-corrected chi connectivity index (χ2v) is 19.7. The summed E-state index contributed by atoms with van der Waals surface area (Å²) in [4.78, 5) is 0. The molecule has 0 aromatic heterocycles. The Morgan fingerprint density at radius 2 is 1.23 bits per heavy atom. The lowest BCUT2D eigenvalue weighted by atomic mass is 10.2. The SMILES string of the molecule is CC(C)CN([Si](Cl)(Cl)Cl)[Si](Cl)(Cl)Cl. The molecule has 80 valence electrons. The van der Waals surface area contributed by atoms with E-state index >= 15 is 0 Å². The Morgan fingerprint density at radius 3 is 1.31 bits per heavy atom. The summed E-state index contributed by atoms with van der Waals surface area (Å²) in [7, 11) is 0. The average molecular weight is 340 g/mol. The zero-order chi connectivity index (χ0) is 10.9. The van der Waals surface area contributed by atoms with Gasteiger partial charge in [0.2, 0.25) is 0 Å². The van der Waals surface area contributed by atoms with Gasteiger partial charge in [-0.25, -0.2) is 0 Å². The molecular formula is C4H9Cl6NSi2. The third-order valence-electron chi connectivity index (χ3n) is 1.16. The molecule has 0 aromatic rings. The van der Waals surface area contributed by atoms with Crippen molar-refractivity contribution in [3.63, 3.8) is 0 Å². The van der Waals surface area contributed by atoms with Crippen molar-refractivity contribution in [3.8, 4) is 0 Å². The highest BCUT2D eigenvalue weighted by Crippen LogP contribution is 2.36. The molecule has 0 heterocycles. The van der Waals surface area contributed by atoms with Gasteiger partial charge in [-0.1, -0.05) is 13.8 Å². The Hall–Kier alpha value is 2.13. The first-order chi connectivity index (χ1) is 5.55. The third kappa shape index (κ3) is 6.33. The second kappa shape index (κ2) is 5.46. The standard InChI is InChI=1S/C4H9Cl6NSi2/c1-4(2)3-11(12(5,6)7)13(8,9)10/h4H,3H2,1-2H3. The first kappa shape index (κ1) is 15.1. The van der Waals surface area contributed by atoms with Crippen LogP contribution < -0.4 is 0 Å². The van der Waals surface area contributed by atoms with E-state index in [1.54, 1.807) is 0 Å². The fourth-order valence-electron chi connectivity index (χ4n) is 0.716. The third-order valence-corrected chi connectivity index (χ3v) is 11.0. The Bertz CT molecular complexity index is 149. The molecule has 0 rings (SSSR count). The molecule has 9 heteroatoms. The molecule has 1 nitrogen and oxygen atoms in total. The quantitative estimate of drug-likeness (QED) is 0.546. The van der Waals surface area contributed by atoms with Gasteiger partial charge >= 0.3 is 12.3 Å². The molecule has 0 fully saturated rings. The molecule has 0 spiro atoms. The van der Waals surface area contributed by atoms with Gasteiger partial charge in [-0.15, -0.1) is 66.5 Å². The molecule has 0 bridgehead atoms. The van der Waals surface area contributed by atoms with E-state index in [2.05, 4.69) is 0 Å². The van der Waals surface area contributed by atoms with E-state index in [-0.39, 0.29) is 0 Å². The normalized spacial score (nSPS) is 14.3. The molecule has 0 saturated heterocycles. The zero-order valence-electron chi connectivity index (χ0n) is 7.00. The van der Waals surface area contributed by atoms with E-state index in [0.717, 1.165) is 0 Å². The van der Waals surface area contributed by atoms with Crippen molar-refractivity contribution < 1.29 is 0 Å². The number of nitrogens with zero attached hydrogens (tertiary/aromatic N) is 1. The van der Waals surface area contributed by atoms with E-state index in [9.17, 15) is 0 Å². The van der Waals surface area contributed by atoms with Gasteiger partial charge in [0.25, 0.3) is 0 Å². The molecule has 0 N–H and O–H groups in total. The highest BCUT2D eigenvalue weighted by molar-refractivity contribution is 7.72. The summed E-state index contributed by atoms with van der Waals surface area (Å²) < 4.78 is 1.44. The van der Waals surface area contributed by atoms with Crippen LogP contribution in [0.3, 0.4) is 0 Å². The first-order valence-electron chi connectivity index (χ1n) is 3.46. The molecule has 0 radical (unpaired) electrons. The van der Waals surface area contributed by atoms with Gasteiger partial charge in [0.15, 0.2) is 0 Å². The van der Waals surface area contributed by atoms with Gasteiger partial charge in [-0.05, 0) is 12.5 Å². The minimum atomic E-state index is -3.07. The summed E-state index contributed by atoms with van der Waals surface area (Å²) in [6, 6.07) is 0. The zero-order valence-corrected chi connectivity index (χ0v) is 13.5. The molecule has 0 aromatic carbocycles. The number of hydrogen-bond donors (Lipinski definition) is 0. The lowest BCUT2D eigenvalue weighted by Gasteiger charge is -2.33. The fourth-order valence-corrected chi connectivity index (χ4v) is 14.6. The number of rotatable bonds is 4. The van der Waals surface area contributed by atoms with Crippen LogP contribution in [0.5, 0.6) is 0 Å².